The first kappa shape index (κ1) is 20.8. The quantitative estimate of drug-likeness (QED) is 0.627. The van der Waals surface area contributed by atoms with Crippen LogP contribution in [-0.2, 0) is 17.3 Å². The summed E-state index contributed by atoms with van der Waals surface area (Å²) in [5, 5.41) is 14.9. The van der Waals surface area contributed by atoms with E-state index in [1.807, 2.05) is 23.1 Å². The number of nitrogens with one attached hydrogen (secondary N) is 2. The van der Waals surface area contributed by atoms with Gasteiger partial charge in [-0.3, -0.25) is 0 Å². The molecule has 2 aromatic carbocycles. The zero-order valence-electron chi connectivity index (χ0n) is 15.8. The van der Waals surface area contributed by atoms with E-state index < -0.39 is 23.9 Å². The number of alkyl halides is 3. The molecule has 1 aliphatic heterocycles. The van der Waals surface area contributed by atoms with Crippen LogP contribution in [0.1, 0.15) is 11.1 Å². The van der Waals surface area contributed by atoms with Gasteiger partial charge in [-0.2, -0.15) is 13.2 Å². The Hall–Kier alpha value is -2.94. The van der Waals surface area contributed by atoms with Crippen LogP contribution in [0.2, 0.25) is 0 Å². The Labute approximate surface area is 166 Å². The third kappa shape index (κ3) is 4.92. The lowest BCUT2D eigenvalue weighted by atomic mass is 9.95. The molecular weight excluding hydrogens is 387 g/mol. The molecule has 0 aromatic heterocycles. The normalized spacial score (nSPS) is 16.3. The highest BCUT2D eigenvalue weighted by atomic mass is 19.4. The summed E-state index contributed by atoms with van der Waals surface area (Å²) >= 11 is 0. The van der Waals surface area contributed by atoms with Crippen molar-refractivity contribution in [2.45, 2.75) is 18.6 Å². The second kappa shape index (κ2) is 8.60. The van der Waals surface area contributed by atoms with E-state index in [-0.39, 0.29) is 0 Å². The molecule has 1 amide bonds. The van der Waals surface area contributed by atoms with E-state index in [1.165, 1.54) is 12.1 Å². The molecule has 3 rings (SSSR count). The molecule has 0 saturated carbocycles. The number of methoxy groups -OCH3 is 1. The van der Waals surface area contributed by atoms with Gasteiger partial charge >= 0.3 is 12.3 Å². The first-order chi connectivity index (χ1) is 13.8. The summed E-state index contributed by atoms with van der Waals surface area (Å²) in [4.78, 5) is 13.0. The minimum atomic E-state index is -4.41. The fraction of sp³-hybridized carbons (Fsp3) is 0.350. The predicted octanol–water partition coefficient (Wildman–Crippen LogP) is 4.09. The second-order valence-electron chi connectivity index (χ2n) is 6.73. The first-order valence-corrected chi connectivity index (χ1v) is 9.08. The lowest BCUT2D eigenvalue weighted by Crippen LogP contribution is -2.46. The van der Waals surface area contributed by atoms with E-state index in [2.05, 4.69) is 10.6 Å². The smallest absolute Gasteiger partial charge is 0.416 e. The number of halogens is 3. The number of carbonyl (C=O) groups is 1. The van der Waals surface area contributed by atoms with E-state index in [0.29, 0.717) is 31.8 Å². The molecule has 6 nitrogen and oxygen atoms in total. The van der Waals surface area contributed by atoms with Crippen LogP contribution in [0.25, 0.3) is 0 Å². The maximum absolute atomic E-state index is 12.9. The molecule has 1 heterocycles. The summed E-state index contributed by atoms with van der Waals surface area (Å²) in [5.41, 5.74) is 2.40. The lowest BCUT2D eigenvalue weighted by Gasteiger charge is -2.37. The number of ether oxygens (including phenoxy) is 1. The van der Waals surface area contributed by atoms with Gasteiger partial charge in [0.15, 0.2) is 0 Å². The average molecular weight is 409 g/mol. The summed E-state index contributed by atoms with van der Waals surface area (Å²) < 4.78 is 43.8. The molecule has 0 radical (unpaired) electrons. The van der Waals surface area contributed by atoms with Crippen molar-refractivity contribution in [2.24, 2.45) is 0 Å². The van der Waals surface area contributed by atoms with Crippen LogP contribution in [0.3, 0.4) is 0 Å². The Kier molecular flexibility index (Phi) is 6.17. The average Bonchev–Trinajstić information content (AvgIpc) is 2.67. The van der Waals surface area contributed by atoms with Crippen LogP contribution in [0.5, 0.6) is 0 Å². The molecule has 2 aromatic rings. The number of rotatable bonds is 6. The minimum Gasteiger partial charge on any atom is -0.465 e. The molecule has 9 heteroatoms. The monoisotopic (exact) mass is 409 g/mol. The Morgan fingerprint density at radius 3 is 2.59 bits per heavy atom. The van der Waals surface area contributed by atoms with Gasteiger partial charge in [0.25, 0.3) is 0 Å². The number of anilines is 3. The highest BCUT2D eigenvalue weighted by Crippen LogP contribution is 2.38. The SMILES string of the molecule is COCCNc1cccc2c1CC(NC(=O)O)CN2c1ccc(C(F)(F)F)cc1. The van der Waals surface area contributed by atoms with Crippen LogP contribution in [0.15, 0.2) is 42.5 Å². The van der Waals surface area contributed by atoms with E-state index in [0.717, 1.165) is 29.1 Å². The van der Waals surface area contributed by atoms with Gasteiger partial charge < -0.3 is 25.4 Å². The van der Waals surface area contributed by atoms with E-state index >= 15 is 0 Å². The van der Waals surface area contributed by atoms with Crippen molar-refractivity contribution in [3.05, 3.63) is 53.6 Å². The van der Waals surface area contributed by atoms with Gasteiger partial charge in [-0.05, 0) is 42.8 Å². The summed E-state index contributed by atoms with van der Waals surface area (Å²) in [6.45, 7) is 1.39. The molecule has 0 saturated heterocycles. The molecule has 156 valence electrons. The Morgan fingerprint density at radius 2 is 1.97 bits per heavy atom. The standard InChI is InChI=1S/C20H22F3N3O3/c1-29-10-9-24-17-3-2-4-18-16(17)11-14(25-19(27)28)12-26(18)15-7-5-13(6-8-15)20(21,22)23/h2-8,14,24-25H,9-12H2,1H3,(H,27,28). The maximum atomic E-state index is 12.9. The van der Waals surface area contributed by atoms with Crippen LogP contribution < -0.4 is 15.5 Å². The minimum absolute atomic E-state index is 0.312. The number of benzene rings is 2. The fourth-order valence-corrected chi connectivity index (χ4v) is 3.47. The van der Waals surface area contributed by atoms with Gasteiger partial charge in [0, 0.05) is 42.8 Å². The van der Waals surface area contributed by atoms with Crippen LogP contribution in [-0.4, -0.2) is 44.0 Å². The summed E-state index contributed by atoms with van der Waals surface area (Å²) in [5.74, 6) is 0. The highest BCUT2D eigenvalue weighted by Gasteiger charge is 2.32. The summed E-state index contributed by atoms with van der Waals surface area (Å²) in [6.07, 6.45) is -5.09. The van der Waals surface area contributed by atoms with Gasteiger partial charge in [0.2, 0.25) is 0 Å². The molecule has 0 fully saturated rings. The number of nitrogens with zero attached hydrogens (tertiary/aromatic N) is 1. The third-order valence-corrected chi connectivity index (χ3v) is 4.75. The highest BCUT2D eigenvalue weighted by molar-refractivity contribution is 5.76. The topological polar surface area (TPSA) is 73.8 Å². The van der Waals surface area contributed by atoms with Gasteiger partial charge in [0.05, 0.1) is 18.2 Å². The van der Waals surface area contributed by atoms with Crippen LogP contribution >= 0.6 is 0 Å². The molecule has 3 N–H and O–H groups in total. The van der Waals surface area contributed by atoms with E-state index in [4.69, 9.17) is 9.84 Å². The van der Waals surface area contributed by atoms with Crippen molar-refractivity contribution in [2.75, 3.05) is 37.0 Å². The predicted molar refractivity (Wildman–Crippen MR) is 104 cm³/mol. The van der Waals surface area contributed by atoms with E-state index in [9.17, 15) is 18.0 Å². The second-order valence-corrected chi connectivity index (χ2v) is 6.73. The van der Waals surface area contributed by atoms with E-state index in [1.54, 1.807) is 7.11 Å². The Morgan fingerprint density at radius 1 is 1.24 bits per heavy atom. The number of hydrogen-bond acceptors (Lipinski definition) is 4. The van der Waals surface area contributed by atoms with Crippen molar-refractivity contribution in [3.63, 3.8) is 0 Å². The van der Waals surface area contributed by atoms with Crippen molar-refractivity contribution < 1.29 is 27.8 Å². The number of amides is 1. The fourth-order valence-electron chi connectivity index (χ4n) is 3.47. The van der Waals surface area contributed by atoms with Gasteiger partial charge in [-0.15, -0.1) is 0 Å². The Balaban J connectivity index is 1.96. The maximum Gasteiger partial charge on any atom is 0.416 e. The molecule has 0 spiro atoms. The van der Waals surface area contributed by atoms with Crippen molar-refractivity contribution in [1.29, 1.82) is 0 Å². The number of fused-ring (bicyclic) bond motifs is 1. The summed E-state index contributed by atoms with van der Waals surface area (Å²) in [7, 11) is 1.60. The molecule has 29 heavy (non-hydrogen) atoms. The Bertz CT molecular complexity index is 856. The molecule has 1 unspecified atom stereocenters. The zero-order valence-corrected chi connectivity index (χ0v) is 15.8. The van der Waals surface area contributed by atoms with Gasteiger partial charge in [0.1, 0.15) is 0 Å². The number of hydrogen-bond donors (Lipinski definition) is 3. The lowest BCUT2D eigenvalue weighted by molar-refractivity contribution is -0.137. The molecule has 0 aliphatic carbocycles. The summed E-state index contributed by atoms with van der Waals surface area (Å²) in [6, 6.07) is 10.1. The van der Waals surface area contributed by atoms with Gasteiger partial charge in [-0.25, -0.2) is 4.79 Å². The molecule has 0 bridgehead atoms. The van der Waals surface area contributed by atoms with Crippen molar-refractivity contribution >= 4 is 23.2 Å². The van der Waals surface area contributed by atoms with Crippen LogP contribution in [0, 0.1) is 0 Å². The van der Waals surface area contributed by atoms with Crippen molar-refractivity contribution in [1.82, 2.24) is 5.32 Å². The first-order valence-electron chi connectivity index (χ1n) is 9.08. The van der Waals surface area contributed by atoms with Gasteiger partial charge in [-0.1, -0.05) is 6.07 Å². The van der Waals surface area contributed by atoms with Crippen LogP contribution in [0.4, 0.5) is 35.0 Å². The molecule has 1 atom stereocenters. The molecule has 1 aliphatic rings. The largest absolute Gasteiger partial charge is 0.465 e. The molecular formula is C20H22F3N3O3. The zero-order chi connectivity index (χ0) is 21.0. The van der Waals surface area contributed by atoms with Crippen molar-refractivity contribution in [3.8, 4) is 0 Å². The number of carboxylic acid groups (broad SMARTS) is 1. The third-order valence-electron chi connectivity index (χ3n) is 4.75.